The van der Waals surface area contributed by atoms with Gasteiger partial charge in [0, 0.05) is 11.3 Å². The Balaban J connectivity index is 3.02. The Kier molecular flexibility index (Phi) is 2.52. The van der Waals surface area contributed by atoms with Crippen molar-refractivity contribution in [2.45, 2.75) is 19.8 Å². The second-order valence-corrected chi connectivity index (χ2v) is 2.13. The average molecular weight is 156 g/mol. The Morgan fingerprint density at radius 3 is 2.82 bits per heavy atom. The molecule has 1 nitrogen and oxygen atoms in total. The van der Waals surface area contributed by atoms with Gasteiger partial charge in [0.15, 0.2) is 0 Å². The number of rotatable bonds is 2. The van der Waals surface area contributed by atoms with E-state index in [4.69, 9.17) is 0 Å². The van der Waals surface area contributed by atoms with E-state index in [1.807, 2.05) is 0 Å². The summed E-state index contributed by atoms with van der Waals surface area (Å²) in [4.78, 5) is 3.71. The fourth-order valence-electron chi connectivity index (χ4n) is 0.885. The first-order chi connectivity index (χ1) is 5.25. The molecule has 0 aliphatic rings. The van der Waals surface area contributed by atoms with Crippen molar-refractivity contribution in [3.8, 4) is 0 Å². The molecule has 11 heavy (non-hydrogen) atoms. The van der Waals surface area contributed by atoms with Crippen LogP contribution in [-0.4, -0.2) is 4.98 Å². The summed E-state index contributed by atoms with van der Waals surface area (Å²) in [5.74, 6) is 0. The van der Waals surface area contributed by atoms with Crippen LogP contribution in [0.1, 0.15) is 24.6 Å². The predicted molar refractivity (Wildman–Crippen MR) is 37.4 cm³/mol. The van der Waals surface area contributed by atoms with Crippen molar-refractivity contribution in [1.29, 1.82) is 0 Å². The standard InChI is InChI=1S/C8H8F2N/c1-2-7-6(8(9)10)4-3-5-11-7/h3-4,8H,2H2,1H3. The van der Waals surface area contributed by atoms with Gasteiger partial charge in [-0.05, 0) is 18.6 Å². The minimum absolute atomic E-state index is 0.0197. The Labute approximate surface area is 64.1 Å². The van der Waals surface area contributed by atoms with Gasteiger partial charge in [0.2, 0.25) is 0 Å². The second kappa shape index (κ2) is 3.42. The molecule has 0 saturated carbocycles. The molecule has 3 heteroatoms. The van der Waals surface area contributed by atoms with Crippen molar-refractivity contribution >= 4 is 0 Å². The molecule has 1 rings (SSSR count). The van der Waals surface area contributed by atoms with E-state index in [9.17, 15) is 8.78 Å². The van der Waals surface area contributed by atoms with Crippen LogP contribution in [0.3, 0.4) is 0 Å². The molecule has 0 amide bonds. The molecule has 0 saturated heterocycles. The van der Waals surface area contributed by atoms with Gasteiger partial charge < -0.3 is 0 Å². The quantitative estimate of drug-likeness (QED) is 0.640. The van der Waals surface area contributed by atoms with Crippen molar-refractivity contribution in [3.63, 3.8) is 0 Å². The molecule has 0 aliphatic heterocycles. The minimum atomic E-state index is -2.42. The summed E-state index contributed by atoms with van der Waals surface area (Å²) in [6.45, 7) is 1.79. The molecule has 0 bridgehead atoms. The van der Waals surface area contributed by atoms with E-state index in [0.717, 1.165) is 0 Å². The highest BCUT2D eigenvalue weighted by atomic mass is 19.3. The highest BCUT2D eigenvalue weighted by molar-refractivity contribution is 5.20. The summed E-state index contributed by atoms with van der Waals surface area (Å²) in [6.07, 6.45) is 0.625. The van der Waals surface area contributed by atoms with E-state index in [2.05, 4.69) is 11.2 Å². The minimum Gasteiger partial charge on any atom is -0.251 e. The molecule has 59 valence electrons. The van der Waals surface area contributed by atoms with Crippen molar-refractivity contribution in [3.05, 3.63) is 29.6 Å². The summed E-state index contributed by atoms with van der Waals surface area (Å²) >= 11 is 0. The second-order valence-electron chi connectivity index (χ2n) is 2.13. The number of aryl methyl sites for hydroxylation is 1. The first kappa shape index (κ1) is 8.11. The molecule has 0 atom stereocenters. The molecule has 0 N–H and O–H groups in total. The lowest BCUT2D eigenvalue weighted by Gasteiger charge is -2.02. The fourth-order valence-corrected chi connectivity index (χ4v) is 0.885. The smallest absolute Gasteiger partial charge is 0.251 e. The lowest BCUT2D eigenvalue weighted by atomic mass is 10.1. The number of nitrogens with zero attached hydrogens (tertiary/aromatic N) is 1. The monoisotopic (exact) mass is 156 g/mol. The summed E-state index contributed by atoms with van der Waals surface area (Å²) in [5.41, 5.74) is 0.453. The highest BCUT2D eigenvalue weighted by Crippen LogP contribution is 2.20. The summed E-state index contributed by atoms with van der Waals surface area (Å²) in [6, 6.07) is 2.76. The zero-order valence-corrected chi connectivity index (χ0v) is 6.14. The Hall–Kier alpha value is -0.990. The summed E-state index contributed by atoms with van der Waals surface area (Å²) in [7, 11) is 0. The third-order valence-corrected chi connectivity index (χ3v) is 1.44. The number of aromatic nitrogens is 1. The van der Waals surface area contributed by atoms with Crippen molar-refractivity contribution in [2.24, 2.45) is 0 Å². The molecule has 0 spiro atoms. The molecular weight excluding hydrogens is 148 g/mol. The van der Waals surface area contributed by atoms with Crippen LogP contribution in [0.4, 0.5) is 8.78 Å². The van der Waals surface area contributed by atoms with Gasteiger partial charge in [-0.1, -0.05) is 6.92 Å². The van der Waals surface area contributed by atoms with Gasteiger partial charge in [0.1, 0.15) is 0 Å². The van der Waals surface area contributed by atoms with Crippen LogP contribution < -0.4 is 0 Å². The van der Waals surface area contributed by atoms with E-state index in [1.54, 1.807) is 6.92 Å². The van der Waals surface area contributed by atoms with Crippen LogP contribution >= 0.6 is 0 Å². The van der Waals surface area contributed by atoms with Crippen molar-refractivity contribution < 1.29 is 8.78 Å². The van der Waals surface area contributed by atoms with Gasteiger partial charge in [-0.25, -0.2) is 8.78 Å². The van der Waals surface area contributed by atoms with Gasteiger partial charge in [0.05, 0.1) is 6.20 Å². The normalized spacial score (nSPS) is 10.5. The topological polar surface area (TPSA) is 12.9 Å². The van der Waals surface area contributed by atoms with E-state index in [0.29, 0.717) is 12.1 Å². The van der Waals surface area contributed by atoms with Gasteiger partial charge in [0.25, 0.3) is 6.43 Å². The first-order valence-corrected chi connectivity index (χ1v) is 3.39. The maximum atomic E-state index is 12.2. The Morgan fingerprint density at radius 1 is 1.64 bits per heavy atom. The largest absolute Gasteiger partial charge is 0.265 e. The van der Waals surface area contributed by atoms with Crippen LogP contribution in [0.25, 0.3) is 0 Å². The van der Waals surface area contributed by atoms with Gasteiger partial charge in [-0.3, -0.25) is 4.98 Å². The van der Waals surface area contributed by atoms with E-state index >= 15 is 0 Å². The Morgan fingerprint density at radius 2 is 2.36 bits per heavy atom. The number of hydrogen-bond acceptors (Lipinski definition) is 1. The SMILES string of the molecule is CCc1n[c]ccc1C(F)F. The van der Waals surface area contributed by atoms with Crippen LogP contribution in [-0.2, 0) is 6.42 Å². The van der Waals surface area contributed by atoms with Crippen molar-refractivity contribution in [2.75, 3.05) is 0 Å². The third kappa shape index (κ3) is 1.73. The van der Waals surface area contributed by atoms with Crippen molar-refractivity contribution in [1.82, 2.24) is 4.98 Å². The van der Waals surface area contributed by atoms with Gasteiger partial charge in [-0.15, -0.1) is 0 Å². The highest BCUT2D eigenvalue weighted by Gasteiger charge is 2.11. The molecular formula is C8H8F2N. The Bertz CT molecular complexity index is 235. The summed E-state index contributed by atoms with van der Waals surface area (Å²) in [5, 5.41) is 0. The zero-order chi connectivity index (χ0) is 8.27. The number of halogens is 2. The molecule has 0 unspecified atom stereocenters. The molecule has 1 heterocycles. The van der Waals surface area contributed by atoms with Crippen LogP contribution in [0.5, 0.6) is 0 Å². The molecule has 0 aromatic carbocycles. The average Bonchev–Trinajstić information content (AvgIpc) is 2.04. The molecule has 1 aromatic heterocycles. The molecule has 1 aromatic rings. The lowest BCUT2D eigenvalue weighted by molar-refractivity contribution is 0.149. The summed E-state index contributed by atoms with van der Waals surface area (Å²) < 4.78 is 24.3. The van der Waals surface area contributed by atoms with Crippen LogP contribution in [0.2, 0.25) is 0 Å². The third-order valence-electron chi connectivity index (χ3n) is 1.44. The maximum absolute atomic E-state index is 12.2. The van der Waals surface area contributed by atoms with Gasteiger partial charge in [-0.2, -0.15) is 0 Å². The number of alkyl halides is 2. The van der Waals surface area contributed by atoms with Crippen LogP contribution in [0, 0.1) is 6.20 Å². The fraction of sp³-hybridized carbons (Fsp3) is 0.375. The zero-order valence-electron chi connectivity index (χ0n) is 6.14. The van der Waals surface area contributed by atoms with Crippen LogP contribution in [0.15, 0.2) is 12.1 Å². The molecule has 1 radical (unpaired) electrons. The molecule has 0 fully saturated rings. The number of hydrogen-bond donors (Lipinski definition) is 0. The first-order valence-electron chi connectivity index (χ1n) is 3.39. The lowest BCUT2D eigenvalue weighted by Crippen LogP contribution is -1.95. The van der Waals surface area contributed by atoms with E-state index in [-0.39, 0.29) is 5.56 Å². The van der Waals surface area contributed by atoms with Gasteiger partial charge >= 0.3 is 0 Å². The number of pyridine rings is 1. The van der Waals surface area contributed by atoms with E-state index < -0.39 is 6.43 Å². The maximum Gasteiger partial charge on any atom is 0.265 e. The van der Waals surface area contributed by atoms with E-state index in [1.165, 1.54) is 12.1 Å². The molecule has 0 aliphatic carbocycles. The predicted octanol–water partition coefficient (Wildman–Crippen LogP) is 2.38.